The summed E-state index contributed by atoms with van der Waals surface area (Å²) in [6.07, 6.45) is 0. The minimum Gasteiger partial charge on any atom is -0.494 e. The van der Waals surface area contributed by atoms with Gasteiger partial charge in [-0.3, -0.25) is 19.8 Å². The summed E-state index contributed by atoms with van der Waals surface area (Å²) in [4.78, 5) is 29.6. The average Bonchev–Trinajstić information content (AvgIpc) is 3.20. The van der Waals surface area contributed by atoms with Gasteiger partial charge in [-0.25, -0.2) is 13.1 Å². The predicted octanol–water partition coefficient (Wildman–Crippen LogP) is 7.87. The number of rotatable bonds is 15. The maximum absolute atomic E-state index is 13.1. The number of hydrogen-bond acceptors (Lipinski definition) is 10. The maximum atomic E-state index is 13.1. The SMILES string of the molecule is CCOc1cccc(-c2ccc(C(C)N3CCN(c4ccc(C(=O)NS(=O)(=O)c5ccc(NCCSc6ccccc6)c([N+](=O)[O-])c5)cc4)CC3)cc2)c1. The van der Waals surface area contributed by atoms with E-state index in [0.29, 0.717) is 18.9 Å². The van der Waals surface area contributed by atoms with Crippen LogP contribution in [0.4, 0.5) is 17.1 Å². The van der Waals surface area contributed by atoms with E-state index in [1.54, 1.807) is 36.0 Å². The highest BCUT2D eigenvalue weighted by Crippen LogP contribution is 2.30. The Labute approximate surface area is 320 Å². The third kappa shape index (κ3) is 9.59. The summed E-state index contributed by atoms with van der Waals surface area (Å²) < 4.78 is 34.0. The standard InChI is InChI=1S/C41H43N5O6S2/c1-3-52-36-9-7-8-34(28-36)32-14-12-31(13-15-32)30(2)44-23-25-45(26-24-44)35-18-16-33(17-19-35)41(47)43-54(50,51)38-20-21-39(40(29-38)46(48)49)42-22-27-53-37-10-5-4-6-11-37/h4-21,28-30,42H,3,22-27H2,1-2H3,(H,43,47). The van der Waals surface area contributed by atoms with E-state index in [9.17, 15) is 23.3 Å². The molecule has 13 heteroatoms. The molecule has 1 unspecified atom stereocenters. The molecule has 6 rings (SSSR count). The molecule has 11 nitrogen and oxygen atoms in total. The van der Waals surface area contributed by atoms with Crippen molar-refractivity contribution >= 4 is 44.8 Å². The second-order valence-corrected chi connectivity index (χ2v) is 15.6. The molecule has 1 aliphatic rings. The lowest BCUT2D eigenvalue weighted by atomic mass is 10.00. The third-order valence-corrected chi connectivity index (χ3v) is 11.7. The number of amides is 1. The monoisotopic (exact) mass is 765 g/mol. The van der Waals surface area contributed by atoms with Crippen LogP contribution in [0.25, 0.3) is 11.1 Å². The van der Waals surface area contributed by atoms with E-state index in [4.69, 9.17) is 4.74 Å². The van der Waals surface area contributed by atoms with Gasteiger partial charge in [0.2, 0.25) is 0 Å². The molecule has 1 heterocycles. The van der Waals surface area contributed by atoms with Crippen LogP contribution < -0.4 is 19.7 Å². The molecule has 1 aliphatic heterocycles. The van der Waals surface area contributed by atoms with Gasteiger partial charge in [-0.15, -0.1) is 11.8 Å². The van der Waals surface area contributed by atoms with E-state index in [-0.39, 0.29) is 22.2 Å². The Hall–Kier alpha value is -5.37. The van der Waals surface area contributed by atoms with Crippen molar-refractivity contribution in [2.75, 3.05) is 55.3 Å². The normalized spacial score (nSPS) is 13.9. The van der Waals surface area contributed by atoms with E-state index >= 15 is 0 Å². The topological polar surface area (TPSA) is 134 Å². The van der Waals surface area contributed by atoms with Crippen molar-refractivity contribution in [3.63, 3.8) is 0 Å². The van der Waals surface area contributed by atoms with Crippen LogP contribution in [-0.2, 0) is 10.0 Å². The molecule has 5 aromatic rings. The quantitative estimate of drug-likeness (QED) is 0.0470. The molecule has 0 radical (unpaired) electrons. The molecule has 0 saturated carbocycles. The smallest absolute Gasteiger partial charge is 0.293 e. The molecular weight excluding hydrogens is 723 g/mol. The van der Waals surface area contributed by atoms with Gasteiger partial charge in [0.15, 0.2) is 0 Å². The Kier molecular flexibility index (Phi) is 12.5. The largest absolute Gasteiger partial charge is 0.494 e. The zero-order valence-electron chi connectivity index (χ0n) is 30.2. The highest BCUT2D eigenvalue weighted by molar-refractivity contribution is 7.99. The predicted molar refractivity (Wildman–Crippen MR) is 215 cm³/mol. The van der Waals surface area contributed by atoms with Gasteiger partial charge in [0.05, 0.1) is 16.4 Å². The Bertz CT molecular complexity index is 2160. The highest BCUT2D eigenvalue weighted by atomic mass is 32.2. The number of nitro groups is 1. The van der Waals surface area contributed by atoms with E-state index in [2.05, 4.69) is 63.2 Å². The molecule has 0 aromatic heterocycles. The van der Waals surface area contributed by atoms with Crippen molar-refractivity contribution in [2.45, 2.75) is 29.7 Å². The lowest BCUT2D eigenvalue weighted by Gasteiger charge is -2.39. The number of thioether (sulfide) groups is 1. The van der Waals surface area contributed by atoms with Gasteiger partial charge in [0.1, 0.15) is 11.4 Å². The van der Waals surface area contributed by atoms with Gasteiger partial charge in [-0.2, -0.15) is 0 Å². The second-order valence-electron chi connectivity index (χ2n) is 12.8. The summed E-state index contributed by atoms with van der Waals surface area (Å²) in [5.41, 5.74) is 4.39. The number of carbonyl (C=O) groups excluding carboxylic acids is 1. The van der Waals surface area contributed by atoms with Gasteiger partial charge in [0.25, 0.3) is 21.6 Å². The van der Waals surface area contributed by atoms with Crippen LogP contribution in [0.1, 0.15) is 35.8 Å². The Morgan fingerprint density at radius 3 is 2.28 bits per heavy atom. The first kappa shape index (κ1) is 38.4. The fraction of sp³-hybridized carbons (Fsp3) is 0.244. The van der Waals surface area contributed by atoms with Crippen LogP contribution in [0.2, 0.25) is 0 Å². The molecule has 5 aromatic carbocycles. The summed E-state index contributed by atoms with van der Waals surface area (Å²) in [5, 5.41) is 14.8. The number of nitro benzene ring substituents is 1. The molecule has 1 saturated heterocycles. The van der Waals surface area contributed by atoms with Gasteiger partial charge in [0, 0.05) is 66.7 Å². The number of anilines is 2. The molecule has 2 N–H and O–H groups in total. The van der Waals surface area contributed by atoms with Crippen LogP contribution in [0.15, 0.2) is 131 Å². The van der Waals surface area contributed by atoms with Gasteiger partial charge in [-0.05, 0) is 91.2 Å². The van der Waals surface area contributed by atoms with E-state index in [0.717, 1.165) is 59.7 Å². The number of carbonyl (C=O) groups is 1. The minimum absolute atomic E-state index is 0.159. The second kappa shape index (κ2) is 17.6. The van der Waals surface area contributed by atoms with Gasteiger partial charge in [-0.1, -0.05) is 54.6 Å². The van der Waals surface area contributed by atoms with Crippen molar-refractivity contribution in [1.29, 1.82) is 0 Å². The molecule has 280 valence electrons. The van der Waals surface area contributed by atoms with E-state index < -0.39 is 26.5 Å². The summed E-state index contributed by atoms with van der Waals surface area (Å²) >= 11 is 1.59. The molecule has 0 spiro atoms. The molecule has 54 heavy (non-hydrogen) atoms. The van der Waals surface area contributed by atoms with Crippen LogP contribution in [0.3, 0.4) is 0 Å². The maximum Gasteiger partial charge on any atom is 0.293 e. The zero-order valence-corrected chi connectivity index (χ0v) is 31.8. The molecular formula is C41H43N5O6S2. The van der Waals surface area contributed by atoms with Crippen molar-refractivity contribution in [1.82, 2.24) is 9.62 Å². The number of sulfonamides is 1. The molecule has 0 bridgehead atoms. The first-order chi connectivity index (χ1) is 26.1. The average molecular weight is 766 g/mol. The van der Waals surface area contributed by atoms with Crippen LogP contribution >= 0.6 is 11.8 Å². The van der Waals surface area contributed by atoms with Gasteiger partial charge >= 0.3 is 0 Å². The van der Waals surface area contributed by atoms with Crippen LogP contribution in [0, 0.1) is 10.1 Å². The Morgan fingerprint density at radius 1 is 0.870 bits per heavy atom. The van der Waals surface area contributed by atoms with Crippen molar-refractivity contribution in [3.05, 3.63) is 143 Å². The van der Waals surface area contributed by atoms with Crippen LogP contribution in [-0.4, -0.2) is 69.2 Å². The van der Waals surface area contributed by atoms with Crippen molar-refractivity contribution in [3.8, 4) is 16.9 Å². The highest BCUT2D eigenvalue weighted by Gasteiger charge is 2.25. The lowest BCUT2D eigenvalue weighted by molar-refractivity contribution is -0.384. The fourth-order valence-electron chi connectivity index (χ4n) is 6.38. The first-order valence-electron chi connectivity index (χ1n) is 17.8. The first-order valence-corrected chi connectivity index (χ1v) is 20.3. The molecule has 1 atom stereocenters. The third-order valence-electron chi connectivity index (χ3n) is 9.36. The molecule has 0 aliphatic carbocycles. The summed E-state index contributed by atoms with van der Waals surface area (Å²) in [6.45, 7) is 8.55. The number of benzene rings is 5. The lowest BCUT2D eigenvalue weighted by Crippen LogP contribution is -2.47. The number of nitrogens with one attached hydrogen (secondary N) is 2. The fourth-order valence-corrected chi connectivity index (χ4v) is 8.16. The summed E-state index contributed by atoms with van der Waals surface area (Å²) in [5.74, 6) is 0.686. The number of nitrogens with zero attached hydrogens (tertiary/aromatic N) is 3. The molecule has 1 fully saturated rings. The van der Waals surface area contributed by atoms with E-state index in [1.807, 2.05) is 49.4 Å². The Balaban J connectivity index is 1.01. The van der Waals surface area contributed by atoms with Crippen molar-refractivity contribution < 1.29 is 22.9 Å². The number of ether oxygens (including phenoxy) is 1. The van der Waals surface area contributed by atoms with E-state index in [1.165, 1.54) is 17.7 Å². The zero-order chi connectivity index (χ0) is 38.1. The van der Waals surface area contributed by atoms with Gasteiger partial charge < -0.3 is 15.0 Å². The molecule has 1 amide bonds. The Morgan fingerprint density at radius 2 is 1.59 bits per heavy atom. The number of hydrogen-bond donors (Lipinski definition) is 2. The van der Waals surface area contributed by atoms with Crippen molar-refractivity contribution in [2.24, 2.45) is 0 Å². The summed E-state index contributed by atoms with van der Waals surface area (Å²) in [7, 11) is -4.39. The summed E-state index contributed by atoms with van der Waals surface area (Å²) in [6, 6.07) is 37.1. The minimum atomic E-state index is -4.39. The van der Waals surface area contributed by atoms with Crippen LogP contribution in [0.5, 0.6) is 5.75 Å². The number of piperazine rings is 1.